The fraction of sp³-hybridized carbons (Fsp3) is 0.500. The maximum absolute atomic E-state index is 15.3. The van der Waals surface area contributed by atoms with Crippen molar-refractivity contribution in [3.05, 3.63) is 93.5 Å². The van der Waals surface area contributed by atoms with E-state index < -0.39 is 39.3 Å². The lowest BCUT2D eigenvalue weighted by molar-refractivity contribution is -0.129. The molecule has 3 aromatic rings. The highest BCUT2D eigenvalue weighted by Gasteiger charge is 2.53. The molecule has 1 saturated heterocycles. The minimum atomic E-state index is -1.96. The van der Waals surface area contributed by atoms with E-state index in [0.29, 0.717) is 34.4 Å². The highest BCUT2D eigenvalue weighted by atomic mass is 35.6. The van der Waals surface area contributed by atoms with Crippen LogP contribution >= 0.6 is 46.4 Å². The Hall–Kier alpha value is -4.03. The molecule has 2 heterocycles. The molecular weight excluding hydrogens is 864 g/mol. The number of fused-ring (bicyclic) bond motifs is 2. The normalized spacial score (nSPS) is 18.1. The van der Waals surface area contributed by atoms with Crippen molar-refractivity contribution in [1.82, 2.24) is 14.7 Å². The van der Waals surface area contributed by atoms with Crippen molar-refractivity contribution in [1.29, 1.82) is 0 Å². The standard InChI is InChI=1S/C46H55Cl4N3O8/c1-28-10-9-11-35(22-28)57-19-18-52(32-14-15-32)41(54)40-36(31-12-16-34(17-13-31)58-20-21-59-39-24-30(3)29(2)23-37(39)47)25-33-26-51(42(55)60-44(4,5)6)27-38(40)53(33)43(56)61-45(7,8)46(48,49)50/h9-13,16-17,22-24,32-33,38H,14-15,18-21,25-27H2,1-8H3. The van der Waals surface area contributed by atoms with E-state index in [4.69, 9.17) is 70.1 Å². The summed E-state index contributed by atoms with van der Waals surface area (Å²) in [5.74, 6) is 1.64. The first-order chi connectivity index (χ1) is 28.6. The second-order valence-corrected chi connectivity index (χ2v) is 20.1. The molecule has 2 atom stereocenters. The zero-order chi connectivity index (χ0) is 44.4. The number of hydrogen-bond donors (Lipinski definition) is 0. The summed E-state index contributed by atoms with van der Waals surface area (Å²) in [5, 5.41) is 0.539. The minimum absolute atomic E-state index is 0.0222. The van der Waals surface area contributed by atoms with E-state index in [-0.39, 0.29) is 51.3 Å². The van der Waals surface area contributed by atoms with Crippen LogP contribution < -0.4 is 14.2 Å². The minimum Gasteiger partial charge on any atom is -0.492 e. The lowest BCUT2D eigenvalue weighted by Crippen LogP contribution is -2.66. The summed E-state index contributed by atoms with van der Waals surface area (Å²) in [6.07, 6.45) is 0.537. The smallest absolute Gasteiger partial charge is 0.411 e. The van der Waals surface area contributed by atoms with Crippen LogP contribution in [-0.4, -0.2) is 105 Å². The van der Waals surface area contributed by atoms with Gasteiger partial charge in [0.05, 0.1) is 23.7 Å². The number of hydrogen-bond acceptors (Lipinski definition) is 8. The Morgan fingerprint density at radius 2 is 1.43 bits per heavy atom. The van der Waals surface area contributed by atoms with Gasteiger partial charge in [-0.2, -0.15) is 0 Å². The number of amides is 3. The predicted molar refractivity (Wildman–Crippen MR) is 239 cm³/mol. The van der Waals surface area contributed by atoms with Gasteiger partial charge in [-0.15, -0.1) is 0 Å². The van der Waals surface area contributed by atoms with Crippen molar-refractivity contribution in [2.75, 3.05) is 39.5 Å². The summed E-state index contributed by atoms with van der Waals surface area (Å²) in [5.41, 5.74) is 2.79. The molecule has 0 spiro atoms. The lowest BCUT2D eigenvalue weighted by Gasteiger charge is -2.51. The van der Waals surface area contributed by atoms with Crippen molar-refractivity contribution in [3.63, 3.8) is 0 Å². The average molecular weight is 920 g/mol. The Kier molecular flexibility index (Phi) is 14.3. The van der Waals surface area contributed by atoms with E-state index in [1.54, 1.807) is 25.7 Å². The fourth-order valence-corrected chi connectivity index (χ4v) is 7.81. The van der Waals surface area contributed by atoms with Gasteiger partial charge in [-0.25, -0.2) is 9.59 Å². The maximum atomic E-state index is 15.3. The predicted octanol–water partition coefficient (Wildman–Crippen LogP) is 10.5. The van der Waals surface area contributed by atoms with Gasteiger partial charge in [-0.05, 0) is 139 Å². The Labute approximate surface area is 379 Å². The SMILES string of the molecule is Cc1cccc(OCCN(C(=O)C2=C(c3ccc(OCCOc4cc(C)c(C)cc4Cl)cc3)CC3CN(C(=O)OC(C)(C)C)CC2N3C(=O)OC(C)(C)C(Cl)(Cl)Cl)C2CC2)c1. The van der Waals surface area contributed by atoms with E-state index >= 15 is 4.79 Å². The van der Waals surface area contributed by atoms with Gasteiger partial charge in [0.25, 0.3) is 5.91 Å². The number of carbonyl (C=O) groups is 3. The summed E-state index contributed by atoms with van der Waals surface area (Å²) in [6.45, 7) is 15.5. The molecule has 3 aliphatic rings. The number of piperazine rings is 1. The summed E-state index contributed by atoms with van der Waals surface area (Å²) in [4.78, 5) is 48.3. The average Bonchev–Trinajstić information content (AvgIpc) is 4.01. The Morgan fingerprint density at radius 1 is 0.770 bits per heavy atom. The summed E-state index contributed by atoms with van der Waals surface area (Å²) < 4.78 is 27.9. The van der Waals surface area contributed by atoms with Gasteiger partial charge in [0.1, 0.15) is 42.7 Å². The van der Waals surface area contributed by atoms with Gasteiger partial charge >= 0.3 is 12.2 Å². The maximum Gasteiger partial charge on any atom is 0.411 e. The number of benzene rings is 3. The van der Waals surface area contributed by atoms with Crippen molar-refractivity contribution in [3.8, 4) is 17.2 Å². The van der Waals surface area contributed by atoms with Crippen LogP contribution in [0.3, 0.4) is 0 Å². The van der Waals surface area contributed by atoms with Crippen LogP contribution in [0.25, 0.3) is 5.57 Å². The van der Waals surface area contributed by atoms with Gasteiger partial charge in [-0.1, -0.05) is 70.7 Å². The first kappa shape index (κ1) is 46.5. The van der Waals surface area contributed by atoms with Crippen molar-refractivity contribution < 1.29 is 38.1 Å². The van der Waals surface area contributed by atoms with E-state index in [0.717, 1.165) is 40.7 Å². The monoisotopic (exact) mass is 917 g/mol. The zero-order valence-electron chi connectivity index (χ0n) is 36.0. The second kappa shape index (κ2) is 18.8. The van der Waals surface area contributed by atoms with E-state index in [2.05, 4.69) is 0 Å². The second-order valence-electron chi connectivity index (χ2n) is 17.4. The molecule has 330 valence electrons. The van der Waals surface area contributed by atoms with E-state index in [1.807, 2.05) is 86.3 Å². The molecule has 3 aromatic carbocycles. The molecule has 0 radical (unpaired) electrons. The Morgan fingerprint density at radius 3 is 2.07 bits per heavy atom. The summed E-state index contributed by atoms with van der Waals surface area (Å²) in [7, 11) is 0. The lowest BCUT2D eigenvalue weighted by atomic mass is 9.81. The largest absolute Gasteiger partial charge is 0.492 e. The quantitative estimate of drug-likeness (QED) is 0.123. The van der Waals surface area contributed by atoms with Gasteiger partial charge in [-0.3, -0.25) is 9.69 Å². The molecule has 11 nitrogen and oxygen atoms in total. The molecule has 2 fully saturated rings. The van der Waals surface area contributed by atoms with Crippen LogP contribution in [0.2, 0.25) is 5.02 Å². The first-order valence-electron chi connectivity index (χ1n) is 20.5. The molecule has 3 amide bonds. The molecule has 0 N–H and O–H groups in total. The number of ether oxygens (including phenoxy) is 5. The number of halogens is 4. The third-order valence-electron chi connectivity index (χ3n) is 11.0. The number of rotatable bonds is 13. The van der Waals surface area contributed by atoms with Gasteiger partial charge in [0.15, 0.2) is 5.60 Å². The van der Waals surface area contributed by atoms with Crippen molar-refractivity contribution in [2.45, 2.75) is 108 Å². The summed E-state index contributed by atoms with van der Waals surface area (Å²) in [6, 6.07) is 17.4. The zero-order valence-corrected chi connectivity index (χ0v) is 39.0. The number of carbonyl (C=O) groups excluding carboxylic acids is 3. The molecule has 61 heavy (non-hydrogen) atoms. The van der Waals surface area contributed by atoms with Crippen molar-refractivity contribution >= 4 is 70.1 Å². The summed E-state index contributed by atoms with van der Waals surface area (Å²) >= 11 is 25.2. The molecular formula is C46H55Cl4N3O8. The van der Waals surface area contributed by atoms with Gasteiger partial charge in [0.2, 0.25) is 3.79 Å². The van der Waals surface area contributed by atoms with Crippen LogP contribution in [0.5, 0.6) is 17.2 Å². The highest BCUT2D eigenvalue weighted by Crippen LogP contribution is 2.44. The molecule has 2 aliphatic heterocycles. The third-order valence-corrected chi connectivity index (χ3v) is 12.6. The molecule has 15 heteroatoms. The molecule has 1 aliphatic carbocycles. The van der Waals surface area contributed by atoms with Crippen LogP contribution in [0, 0.1) is 20.8 Å². The van der Waals surface area contributed by atoms with Gasteiger partial charge in [0, 0.05) is 24.7 Å². The molecule has 1 saturated carbocycles. The van der Waals surface area contributed by atoms with Gasteiger partial charge < -0.3 is 33.5 Å². The molecule has 2 unspecified atom stereocenters. The Balaban J connectivity index is 1.33. The fourth-order valence-electron chi connectivity index (χ4n) is 7.42. The van der Waals surface area contributed by atoms with E-state index in [1.165, 1.54) is 18.7 Å². The molecule has 0 aromatic heterocycles. The van der Waals surface area contributed by atoms with E-state index in [9.17, 15) is 9.59 Å². The topological polar surface area (TPSA) is 107 Å². The molecule has 6 rings (SSSR count). The third kappa shape index (κ3) is 11.5. The van der Waals surface area contributed by atoms with Crippen LogP contribution in [-0.2, 0) is 14.3 Å². The number of aryl methyl sites for hydroxylation is 3. The first-order valence-corrected chi connectivity index (χ1v) is 22.1. The number of alkyl halides is 3. The molecule has 2 bridgehead atoms. The Bertz CT molecular complexity index is 2130. The van der Waals surface area contributed by atoms with Crippen LogP contribution in [0.4, 0.5) is 9.59 Å². The number of nitrogens with zero attached hydrogens (tertiary/aromatic N) is 3. The van der Waals surface area contributed by atoms with Crippen molar-refractivity contribution in [2.24, 2.45) is 0 Å². The van der Waals surface area contributed by atoms with Crippen LogP contribution in [0.1, 0.15) is 76.1 Å². The highest BCUT2D eigenvalue weighted by molar-refractivity contribution is 6.68. The van der Waals surface area contributed by atoms with Crippen LogP contribution in [0.15, 0.2) is 66.2 Å².